The van der Waals surface area contributed by atoms with Gasteiger partial charge in [-0.1, -0.05) is 8.93 Å². The Morgan fingerprint density at radius 2 is 2.42 bits per heavy atom. The first-order valence-electron chi connectivity index (χ1n) is 3.41. The lowest BCUT2D eigenvalue weighted by Gasteiger charge is -2.19. The molecule has 0 amide bonds. The van der Waals surface area contributed by atoms with Crippen LogP contribution in [0.2, 0.25) is 0 Å². The highest BCUT2D eigenvalue weighted by molar-refractivity contribution is 7.85. The van der Waals surface area contributed by atoms with Gasteiger partial charge in [0.05, 0.1) is 12.8 Å². The van der Waals surface area contributed by atoms with Crippen molar-refractivity contribution in [2.24, 2.45) is 4.99 Å². The number of hydroxylamine groups is 3. The van der Waals surface area contributed by atoms with Crippen LogP contribution >= 0.6 is 0 Å². The minimum Gasteiger partial charge on any atom is -0.232 e. The molecule has 0 spiro atoms. The Hall–Kier alpha value is -0.720. The Balaban J connectivity index is 2.83. The monoisotopic (exact) mass is 191 g/mol. The topological polar surface area (TPSA) is 55.7 Å². The van der Waals surface area contributed by atoms with E-state index in [9.17, 15) is 8.42 Å². The molecule has 0 saturated heterocycles. The van der Waals surface area contributed by atoms with Crippen molar-refractivity contribution in [3.8, 4) is 0 Å². The van der Waals surface area contributed by atoms with E-state index in [0.29, 0.717) is 13.1 Å². The van der Waals surface area contributed by atoms with Gasteiger partial charge in [0.1, 0.15) is 12.7 Å². The summed E-state index contributed by atoms with van der Waals surface area (Å²) < 4.78 is 26.1. The van der Waals surface area contributed by atoms with Crippen LogP contribution in [0.3, 0.4) is 0 Å². The zero-order valence-corrected chi connectivity index (χ0v) is 7.62. The quantitative estimate of drug-likeness (QED) is 0.584. The number of quaternary nitrogens is 1. The first-order valence-corrected chi connectivity index (χ1v) is 5.22. The summed E-state index contributed by atoms with van der Waals surface area (Å²) in [4.78, 5) is 3.88. The van der Waals surface area contributed by atoms with E-state index in [2.05, 4.69) is 11.6 Å². The second kappa shape index (κ2) is 2.96. The molecule has 0 aliphatic carbocycles. The van der Waals surface area contributed by atoms with E-state index in [1.54, 1.807) is 0 Å². The number of nitrogens with zero attached hydrogens (tertiary/aromatic N) is 2. The molecule has 0 aromatic carbocycles. The second-order valence-electron chi connectivity index (χ2n) is 2.56. The Morgan fingerprint density at radius 3 is 2.75 bits per heavy atom. The highest BCUT2D eigenvalue weighted by atomic mass is 32.2. The van der Waals surface area contributed by atoms with Crippen molar-refractivity contribution < 1.29 is 17.3 Å². The van der Waals surface area contributed by atoms with Crippen LogP contribution < -0.4 is 0 Å². The summed E-state index contributed by atoms with van der Waals surface area (Å²) in [6, 6.07) is 0. The van der Waals surface area contributed by atoms with Crippen molar-refractivity contribution in [1.82, 2.24) is 0 Å². The molecule has 0 bridgehead atoms. The summed E-state index contributed by atoms with van der Waals surface area (Å²) in [5.74, 6) is 0. The Bertz CT molecular complexity index is 309. The van der Waals surface area contributed by atoms with Crippen LogP contribution in [0.15, 0.2) is 17.8 Å². The van der Waals surface area contributed by atoms with E-state index in [0.717, 1.165) is 6.26 Å². The highest BCUT2D eigenvalue weighted by Crippen LogP contribution is 2.13. The summed E-state index contributed by atoms with van der Waals surface area (Å²) in [5.41, 5.74) is 0. The lowest BCUT2D eigenvalue weighted by Crippen LogP contribution is -2.41. The smallest absolute Gasteiger partial charge is 0.232 e. The number of hydrogen-bond donors (Lipinski definition) is 0. The van der Waals surface area contributed by atoms with Crippen molar-refractivity contribution >= 4 is 16.5 Å². The molecule has 1 rings (SSSR count). The van der Waals surface area contributed by atoms with E-state index in [4.69, 9.17) is 4.28 Å². The average molecular weight is 191 g/mol. The summed E-state index contributed by atoms with van der Waals surface area (Å²) >= 11 is 0. The zero-order valence-electron chi connectivity index (χ0n) is 6.80. The fraction of sp³-hybridized carbons (Fsp3) is 0.500. The number of hydrogen-bond acceptors (Lipinski definition) is 4. The molecule has 12 heavy (non-hydrogen) atoms. The predicted octanol–water partition coefficient (Wildman–Crippen LogP) is -0.120. The summed E-state index contributed by atoms with van der Waals surface area (Å²) in [6.45, 7) is 4.53. The Kier molecular flexibility index (Phi) is 2.31. The molecule has 0 saturated carbocycles. The fourth-order valence-electron chi connectivity index (χ4n) is 0.945. The normalized spacial score (nSPS) is 29.1. The van der Waals surface area contributed by atoms with Crippen LogP contribution in [-0.2, 0) is 14.4 Å². The molecule has 1 aliphatic rings. The molecule has 0 radical (unpaired) electrons. The first-order chi connectivity index (χ1) is 5.47. The highest BCUT2D eigenvalue weighted by Gasteiger charge is 2.33. The molecule has 6 heteroatoms. The summed E-state index contributed by atoms with van der Waals surface area (Å²) in [7, 11) is -3.47. The van der Waals surface area contributed by atoms with Gasteiger partial charge >= 0.3 is 10.1 Å². The summed E-state index contributed by atoms with van der Waals surface area (Å²) in [6.07, 6.45) is 3.83. The molecule has 1 heterocycles. The third kappa shape index (κ3) is 2.13. The van der Waals surface area contributed by atoms with Gasteiger partial charge in [0, 0.05) is 0 Å². The van der Waals surface area contributed by atoms with Crippen LogP contribution in [0.25, 0.3) is 0 Å². The van der Waals surface area contributed by atoms with Crippen LogP contribution in [0, 0.1) is 0 Å². The molecule has 68 valence electrons. The molecule has 1 unspecified atom stereocenters. The standard InChI is InChI=1S/C6H11N2O3S/c1-3-8(5-4-7-6-8)11-12(2,9)10/h3,6H,1,4-5H2,2H3/q+1. The third-order valence-electron chi connectivity index (χ3n) is 1.44. The SMILES string of the molecule is C=C[N+]1(OS(C)(=O)=O)C=NCC1. The van der Waals surface area contributed by atoms with Gasteiger partial charge in [-0.2, -0.15) is 8.42 Å². The van der Waals surface area contributed by atoms with Crippen molar-refractivity contribution in [3.05, 3.63) is 12.8 Å². The molecule has 5 nitrogen and oxygen atoms in total. The van der Waals surface area contributed by atoms with E-state index < -0.39 is 10.1 Å². The lowest BCUT2D eigenvalue weighted by atomic mass is 10.6. The van der Waals surface area contributed by atoms with Crippen molar-refractivity contribution in [2.75, 3.05) is 19.3 Å². The van der Waals surface area contributed by atoms with Crippen LogP contribution in [0.4, 0.5) is 0 Å². The molecule has 0 N–H and O–H groups in total. The predicted molar refractivity (Wildman–Crippen MR) is 44.6 cm³/mol. The van der Waals surface area contributed by atoms with Gasteiger partial charge < -0.3 is 0 Å². The maximum atomic E-state index is 10.8. The summed E-state index contributed by atoms with van der Waals surface area (Å²) in [5, 5.41) is 0. The molecule has 0 aromatic heterocycles. The van der Waals surface area contributed by atoms with E-state index in [-0.39, 0.29) is 4.65 Å². The van der Waals surface area contributed by atoms with Crippen LogP contribution in [-0.4, -0.2) is 38.7 Å². The minimum atomic E-state index is -3.47. The van der Waals surface area contributed by atoms with Gasteiger partial charge in [0.2, 0.25) is 6.34 Å². The minimum absolute atomic E-state index is 0.237. The molecule has 1 atom stereocenters. The molecule has 0 aromatic rings. The average Bonchev–Trinajstić information content (AvgIpc) is 2.34. The van der Waals surface area contributed by atoms with E-state index in [1.807, 2.05) is 0 Å². The molecule has 0 fully saturated rings. The van der Waals surface area contributed by atoms with Gasteiger partial charge in [-0.3, -0.25) is 0 Å². The van der Waals surface area contributed by atoms with Gasteiger partial charge in [0.25, 0.3) is 0 Å². The van der Waals surface area contributed by atoms with Crippen LogP contribution in [0.1, 0.15) is 0 Å². The first kappa shape index (κ1) is 9.37. The maximum Gasteiger partial charge on any atom is 0.312 e. The molecular formula is C6H11N2O3S+. The lowest BCUT2D eigenvalue weighted by molar-refractivity contribution is -0.953. The van der Waals surface area contributed by atoms with Gasteiger partial charge in [-0.25, -0.2) is 4.99 Å². The largest absolute Gasteiger partial charge is 0.312 e. The van der Waals surface area contributed by atoms with E-state index >= 15 is 0 Å². The Labute approximate surface area is 71.6 Å². The van der Waals surface area contributed by atoms with Gasteiger partial charge in [-0.05, 0) is 6.58 Å². The number of rotatable bonds is 3. The van der Waals surface area contributed by atoms with Crippen molar-refractivity contribution in [2.45, 2.75) is 0 Å². The Morgan fingerprint density at radius 1 is 1.75 bits per heavy atom. The third-order valence-corrected chi connectivity index (χ3v) is 1.99. The number of aliphatic imine (C=N–C) groups is 1. The zero-order chi connectivity index (χ0) is 9.24. The van der Waals surface area contributed by atoms with Gasteiger partial charge in [0.15, 0.2) is 0 Å². The molecule has 1 aliphatic heterocycles. The van der Waals surface area contributed by atoms with Crippen LogP contribution in [0.5, 0.6) is 0 Å². The van der Waals surface area contributed by atoms with Gasteiger partial charge in [-0.15, -0.1) is 0 Å². The van der Waals surface area contributed by atoms with E-state index in [1.165, 1.54) is 12.5 Å². The van der Waals surface area contributed by atoms with Crippen molar-refractivity contribution in [1.29, 1.82) is 0 Å². The second-order valence-corrected chi connectivity index (χ2v) is 4.12. The maximum absolute atomic E-state index is 10.8. The van der Waals surface area contributed by atoms with Crippen molar-refractivity contribution in [3.63, 3.8) is 0 Å². The molecular weight excluding hydrogens is 180 g/mol. The fourth-order valence-corrected chi connectivity index (χ4v) is 1.62.